The van der Waals surface area contributed by atoms with E-state index in [-0.39, 0.29) is 5.97 Å². The molecule has 0 amide bonds. The van der Waals surface area contributed by atoms with Gasteiger partial charge in [0, 0.05) is 6.04 Å². The standard InChI is InChI=1S/C12H15NO2/c14-12(10-5-2-1-3-6-10)15-9-11-7-4-8-13-11/h1-3,5-6,11,13H,4,7-9H2/t11-/m0/s1. The van der Waals surface area contributed by atoms with Crippen LogP contribution in [-0.2, 0) is 4.74 Å². The van der Waals surface area contributed by atoms with Crippen LogP contribution in [0, 0.1) is 0 Å². The lowest BCUT2D eigenvalue weighted by molar-refractivity contribution is 0.0473. The number of carbonyl (C=O) groups excluding carboxylic acids is 1. The zero-order valence-electron chi connectivity index (χ0n) is 8.61. The maximum Gasteiger partial charge on any atom is 0.338 e. The highest BCUT2D eigenvalue weighted by atomic mass is 16.5. The Hall–Kier alpha value is -1.35. The molecule has 1 heterocycles. The molecule has 2 rings (SSSR count). The Kier molecular flexibility index (Phi) is 3.35. The lowest BCUT2D eigenvalue weighted by Crippen LogP contribution is -2.28. The van der Waals surface area contributed by atoms with Gasteiger partial charge >= 0.3 is 5.97 Å². The highest BCUT2D eigenvalue weighted by Crippen LogP contribution is 2.07. The SMILES string of the molecule is O=C(OC[C@@H]1CCCN1)c1ccccc1. The van der Waals surface area contributed by atoms with Crippen molar-refractivity contribution in [3.63, 3.8) is 0 Å². The summed E-state index contributed by atoms with van der Waals surface area (Å²) in [4.78, 5) is 11.6. The minimum Gasteiger partial charge on any atom is -0.460 e. The zero-order chi connectivity index (χ0) is 10.5. The second-order valence-corrected chi connectivity index (χ2v) is 3.76. The van der Waals surface area contributed by atoms with E-state index in [1.54, 1.807) is 12.1 Å². The van der Waals surface area contributed by atoms with Crippen molar-refractivity contribution in [1.29, 1.82) is 0 Å². The molecule has 0 aliphatic carbocycles. The minimum absolute atomic E-state index is 0.232. The van der Waals surface area contributed by atoms with Gasteiger partial charge in [-0.15, -0.1) is 0 Å². The molecular formula is C12H15NO2. The van der Waals surface area contributed by atoms with E-state index >= 15 is 0 Å². The third-order valence-corrected chi connectivity index (χ3v) is 2.59. The number of hydrogen-bond donors (Lipinski definition) is 1. The molecule has 1 aromatic rings. The molecule has 3 heteroatoms. The average molecular weight is 205 g/mol. The number of rotatable bonds is 3. The fourth-order valence-electron chi connectivity index (χ4n) is 1.73. The van der Waals surface area contributed by atoms with Crippen LogP contribution in [0.4, 0.5) is 0 Å². The molecule has 0 spiro atoms. The van der Waals surface area contributed by atoms with Crippen LogP contribution in [0.5, 0.6) is 0 Å². The van der Waals surface area contributed by atoms with Gasteiger partial charge in [0.05, 0.1) is 5.56 Å². The van der Waals surface area contributed by atoms with E-state index in [2.05, 4.69) is 5.32 Å². The molecule has 1 fully saturated rings. The summed E-state index contributed by atoms with van der Waals surface area (Å²) in [7, 11) is 0. The summed E-state index contributed by atoms with van der Waals surface area (Å²) in [6.45, 7) is 1.52. The lowest BCUT2D eigenvalue weighted by Gasteiger charge is -2.10. The first-order valence-electron chi connectivity index (χ1n) is 5.32. The lowest BCUT2D eigenvalue weighted by atomic mass is 10.2. The first-order valence-corrected chi connectivity index (χ1v) is 5.32. The molecule has 0 bridgehead atoms. The topological polar surface area (TPSA) is 38.3 Å². The predicted molar refractivity (Wildman–Crippen MR) is 57.7 cm³/mol. The molecule has 15 heavy (non-hydrogen) atoms. The molecule has 1 N–H and O–H groups in total. The first kappa shape index (κ1) is 10.2. The summed E-state index contributed by atoms with van der Waals surface area (Å²) in [5, 5.41) is 3.29. The van der Waals surface area contributed by atoms with Crippen LogP contribution >= 0.6 is 0 Å². The van der Waals surface area contributed by atoms with E-state index in [1.165, 1.54) is 6.42 Å². The molecule has 0 aromatic heterocycles. The van der Waals surface area contributed by atoms with E-state index in [1.807, 2.05) is 18.2 Å². The Balaban J connectivity index is 1.82. The first-order chi connectivity index (χ1) is 7.36. The Morgan fingerprint density at radius 3 is 2.87 bits per heavy atom. The van der Waals surface area contributed by atoms with Crippen molar-refractivity contribution in [1.82, 2.24) is 5.32 Å². The van der Waals surface area contributed by atoms with Crippen molar-refractivity contribution in [2.75, 3.05) is 13.2 Å². The summed E-state index contributed by atoms with van der Waals surface area (Å²) >= 11 is 0. The van der Waals surface area contributed by atoms with E-state index in [9.17, 15) is 4.79 Å². The predicted octanol–water partition coefficient (Wildman–Crippen LogP) is 1.60. The van der Waals surface area contributed by atoms with Gasteiger partial charge in [0.25, 0.3) is 0 Å². The second-order valence-electron chi connectivity index (χ2n) is 3.76. The Bertz CT molecular complexity index is 318. The molecule has 0 saturated carbocycles. The number of nitrogens with one attached hydrogen (secondary N) is 1. The summed E-state index contributed by atoms with van der Waals surface area (Å²) in [6, 6.07) is 9.44. The quantitative estimate of drug-likeness (QED) is 0.762. The van der Waals surface area contributed by atoms with Crippen LogP contribution in [-0.4, -0.2) is 25.2 Å². The Morgan fingerprint density at radius 1 is 1.40 bits per heavy atom. The van der Waals surface area contributed by atoms with Crippen LogP contribution < -0.4 is 5.32 Å². The van der Waals surface area contributed by atoms with Gasteiger partial charge in [-0.1, -0.05) is 18.2 Å². The summed E-state index contributed by atoms with van der Waals surface area (Å²) in [6.07, 6.45) is 2.27. The average Bonchev–Trinajstić information content (AvgIpc) is 2.80. The highest BCUT2D eigenvalue weighted by molar-refractivity contribution is 5.89. The monoisotopic (exact) mass is 205 g/mol. The van der Waals surface area contributed by atoms with Crippen LogP contribution in [0.25, 0.3) is 0 Å². The van der Waals surface area contributed by atoms with E-state index < -0.39 is 0 Å². The van der Waals surface area contributed by atoms with Gasteiger partial charge in [0.1, 0.15) is 6.61 Å². The van der Waals surface area contributed by atoms with E-state index in [0.717, 1.165) is 13.0 Å². The Morgan fingerprint density at radius 2 is 2.20 bits per heavy atom. The Labute approximate surface area is 89.4 Å². The molecule has 0 radical (unpaired) electrons. The fourth-order valence-corrected chi connectivity index (χ4v) is 1.73. The third kappa shape index (κ3) is 2.80. The maximum absolute atomic E-state index is 11.6. The van der Waals surface area contributed by atoms with Crippen molar-refractivity contribution in [2.24, 2.45) is 0 Å². The van der Waals surface area contributed by atoms with Crippen molar-refractivity contribution in [3.8, 4) is 0 Å². The van der Waals surface area contributed by atoms with Gasteiger partial charge in [-0.05, 0) is 31.5 Å². The fraction of sp³-hybridized carbons (Fsp3) is 0.417. The van der Waals surface area contributed by atoms with Crippen molar-refractivity contribution in [2.45, 2.75) is 18.9 Å². The minimum atomic E-state index is -0.232. The summed E-state index contributed by atoms with van der Waals surface area (Å²) < 4.78 is 5.21. The number of carbonyl (C=O) groups is 1. The van der Waals surface area contributed by atoms with Gasteiger partial charge in [0.2, 0.25) is 0 Å². The molecule has 1 atom stereocenters. The molecule has 80 valence electrons. The smallest absolute Gasteiger partial charge is 0.338 e. The van der Waals surface area contributed by atoms with Gasteiger partial charge in [-0.3, -0.25) is 0 Å². The van der Waals surface area contributed by atoms with Crippen LogP contribution in [0.3, 0.4) is 0 Å². The van der Waals surface area contributed by atoms with Crippen LogP contribution in [0.2, 0.25) is 0 Å². The summed E-state index contributed by atoms with van der Waals surface area (Å²) in [5.74, 6) is -0.232. The highest BCUT2D eigenvalue weighted by Gasteiger charge is 2.16. The molecule has 1 aliphatic heterocycles. The zero-order valence-corrected chi connectivity index (χ0v) is 8.61. The van der Waals surface area contributed by atoms with Crippen molar-refractivity contribution >= 4 is 5.97 Å². The van der Waals surface area contributed by atoms with Crippen LogP contribution in [0.1, 0.15) is 23.2 Å². The van der Waals surface area contributed by atoms with E-state index in [4.69, 9.17) is 4.74 Å². The van der Waals surface area contributed by atoms with Gasteiger partial charge in [-0.2, -0.15) is 0 Å². The molecular weight excluding hydrogens is 190 g/mol. The molecule has 1 saturated heterocycles. The number of hydrogen-bond acceptors (Lipinski definition) is 3. The van der Waals surface area contributed by atoms with Gasteiger partial charge < -0.3 is 10.1 Å². The maximum atomic E-state index is 11.6. The second kappa shape index (κ2) is 4.94. The van der Waals surface area contributed by atoms with Gasteiger partial charge in [-0.25, -0.2) is 4.79 Å². The number of benzene rings is 1. The molecule has 3 nitrogen and oxygen atoms in total. The largest absolute Gasteiger partial charge is 0.460 e. The number of ether oxygens (including phenoxy) is 1. The third-order valence-electron chi connectivity index (χ3n) is 2.59. The molecule has 1 aromatic carbocycles. The van der Waals surface area contributed by atoms with E-state index in [0.29, 0.717) is 18.2 Å². The van der Waals surface area contributed by atoms with Crippen LogP contribution in [0.15, 0.2) is 30.3 Å². The van der Waals surface area contributed by atoms with Gasteiger partial charge in [0.15, 0.2) is 0 Å². The number of esters is 1. The molecule has 1 aliphatic rings. The summed E-state index contributed by atoms with van der Waals surface area (Å²) in [5.41, 5.74) is 0.621. The van der Waals surface area contributed by atoms with Crippen molar-refractivity contribution in [3.05, 3.63) is 35.9 Å². The normalized spacial score (nSPS) is 20.1. The molecule has 0 unspecified atom stereocenters. The van der Waals surface area contributed by atoms with Crippen molar-refractivity contribution < 1.29 is 9.53 Å².